The maximum absolute atomic E-state index is 4.96. The number of ether oxygens (including phenoxy) is 1. The Morgan fingerprint density at radius 2 is 1.47 bits per heavy atom. The van der Waals surface area contributed by atoms with Crippen molar-refractivity contribution in [2.75, 3.05) is 7.11 Å². The molecule has 2 aromatic rings. The Hall–Kier alpha value is -1.51. The van der Waals surface area contributed by atoms with Gasteiger partial charge in [0.1, 0.15) is 5.65 Å². The normalized spacial score (nSPS) is 9.74. The quantitative estimate of drug-likeness (QED) is 0.795. The van der Waals surface area contributed by atoms with Gasteiger partial charge in [0.05, 0.1) is 7.11 Å². The highest BCUT2D eigenvalue weighted by Gasteiger charge is 1.96. The number of methoxy groups -OCH3 is 1. The van der Waals surface area contributed by atoms with E-state index >= 15 is 0 Å². The molecule has 3 heteroatoms. The van der Waals surface area contributed by atoms with Crippen molar-refractivity contribution in [1.29, 1.82) is 0 Å². The molecule has 2 aromatic heterocycles. The van der Waals surface area contributed by atoms with E-state index in [4.69, 9.17) is 4.74 Å². The van der Waals surface area contributed by atoms with Crippen molar-refractivity contribution >= 4 is 11.0 Å². The number of fused-ring (bicyclic) bond motifs is 1. The minimum Gasteiger partial charge on any atom is -0.481 e. The van der Waals surface area contributed by atoms with Gasteiger partial charge in [0.25, 0.3) is 0 Å². The molecule has 0 saturated carbocycles. The number of H-pyrrole nitrogens is 1. The second kappa shape index (κ2) is 9.42. The predicted molar refractivity (Wildman–Crippen MR) is 83.7 cm³/mol. The maximum atomic E-state index is 4.96. The molecular weight excluding hydrogens is 236 g/mol. The van der Waals surface area contributed by atoms with Crippen molar-refractivity contribution in [3.63, 3.8) is 0 Å². The average molecular weight is 264 g/mol. The van der Waals surface area contributed by atoms with Gasteiger partial charge in [-0.25, -0.2) is 0 Å². The fourth-order valence-electron chi connectivity index (χ4n) is 1.03. The fourth-order valence-corrected chi connectivity index (χ4v) is 1.03. The van der Waals surface area contributed by atoms with Crippen LogP contribution in [0.2, 0.25) is 0 Å². The van der Waals surface area contributed by atoms with Crippen molar-refractivity contribution in [2.45, 2.75) is 41.5 Å². The number of rotatable bonds is 1. The zero-order valence-electron chi connectivity index (χ0n) is 13.3. The summed E-state index contributed by atoms with van der Waals surface area (Å²) in [4.78, 5) is 7.18. The molecule has 0 unspecified atom stereocenters. The Labute approximate surface area is 117 Å². The summed E-state index contributed by atoms with van der Waals surface area (Å²) in [6, 6.07) is 5.79. The fraction of sp³-hybridized carbons (Fsp3) is 0.562. The lowest BCUT2D eigenvalue weighted by Gasteiger charge is -1.96. The highest BCUT2D eigenvalue weighted by Crippen LogP contribution is 2.13. The van der Waals surface area contributed by atoms with Crippen LogP contribution in [0.25, 0.3) is 11.0 Å². The lowest BCUT2D eigenvalue weighted by atomic mass is 10.3. The van der Waals surface area contributed by atoms with Crippen molar-refractivity contribution in [3.05, 3.63) is 24.4 Å². The standard InChI is InChI=1S/C8H8N2O.2C4H10/c1-11-7-3-2-6-4-5-9-8(6)10-7;2*1-4(2)3/h2-5H,1H3,(H,9,10);2*4H,1-3H3. The van der Waals surface area contributed by atoms with Crippen LogP contribution in [0, 0.1) is 11.8 Å². The lowest BCUT2D eigenvalue weighted by Crippen LogP contribution is -1.86. The molecule has 0 aliphatic heterocycles. The summed E-state index contributed by atoms with van der Waals surface area (Å²) in [6.45, 7) is 13.0. The highest BCUT2D eigenvalue weighted by atomic mass is 16.5. The molecule has 19 heavy (non-hydrogen) atoms. The van der Waals surface area contributed by atoms with E-state index in [0.29, 0.717) is 5.88 Å². The van der Waals surface area contributed by atoms with E-state index in [-0.39, 0.29) is 0 Å². The smallest absolute Gasteiger partial charge is 0.214 e. The molecule has 2 heterocycles. The predicted octanol–water partition coefficient (Wildman–Crippen LogP) is 4.90. The molecule has 0 aliphatic rings. The largest absolute Gasteiger partial charge is 0.481 e. The van der Waals surface area contributed by atoms with Gasteiger partial charge in [0.2, 0.25) is 5.88 Å². The lowest BCUT2D eigenvalue weighted by molar-refractivity contribution is 0.399. The third-order valence-corrected chi connectivity index (χ3v) is 1.59. The van der Waals surface area contributed by atoms with Crippen molar-refractivity contribution in [1.82, 2.24) is 9.97 Å². The van der Waals surface area contributed by atoms with Gasteiger partial charge >= 0.3 is 0 Å². The van der Waals surface area contributed by atoms with Crippen LogP contribution < -0.4 is 4.74 Å². The van der Waals surface area contributed by atoms with Gasteiger partial charge in [-0.15, -0.1) is 0 Å². The average Bonchev–Trinajstić information content (AvgIpc) is 2.74. The summed E-state index contributed by atoms with van der Waals surface area (Å²) in [5.41, 5.74) is 0.865. The zero-order valence-corrected chi connectivity index (χ0v) is 13.3. The number of aromatic nitrogens is 2. The van der Waals surface area contributed by atoms with Gasteiger partial charge in [0.15, 0.2) is 0 Å². The molecular formula is C16H28N2O. The van der Waals surface area contributed by atoms with Crippen LogP contribution in [0.1, 0.15) is 41.5 Å². The first-order valence-electron chi connectivity index (χ1n) is 6.85. The van der Waals surface area contributed by atoms with E-state index in [1.165, 1.54) is 0 Å². The van der Waals surface area contributed by atoms with E-state index in [0.717, 1.165) is 22.9 Å². The number of aromatic amines is 1. The molecule has 0 atom stereocenters. The van der Waals surface area contributed by atoms with E-state index in [9.17, 15) is 0 Å². The SMILES string of the molecule is CC(C)C.CC(C)C.COc1ccc2cc[nH]c2n1. The Bertz CT molecular complexity index is 435. The minimum absolute atomic E-state index is 0.639. The summed E-state index contributed by atoms with van der Waals surface area (Å²) < 4.78 is 4.96. The van der Waals surface area contributed by atoms with Crippen molar-refractivity contribution < 1.29 is 4.74 Å². The molecule has 108 valence electrons. The molecule has 3 nitrogen and oxygen atoms in total. The van der Waals surface area contributed by atoms with Crippen LogP contribution in [0.15, 0.2) is 24.4 Å². The van der Waals surface area contributed by atoms with E-state index in [1.807, 2.05) is 24.4 Å². The number of nitrogens with zero attached hydrogens (tertiary/aromatic N) is 1. The van der Waals surface area contributed by atoms with Crippen LogP contribution >= 0.6 is 0 Å². The first-order chi connectivity index (χ1) is 8.86. The minimum atomic E-state index is 0.639. The topological polar surface area (TPSA) is 37.9 Å². The first-order valence-corrected chi connectivity index (χ1v) is 6.85. The molecule has 0 amide bonds. The Morgan fingerprint density at radius 3 is 1.95 bits per heavy atom. The molecule has 1 N–H and O–H groups in total. The summed E-state index contributed by atoms with van der Waals surface area (Å²) in [5, 5.41) is 1.10. The van der Waals surface area contributed by atoms with Crippen LogP contribution in [0.4, 0.5) is 0 Å². The number of pyridine rings is 1. The molecule has 0 spiro atoms. The van der Waals surface area contributed by atoms with E-state index in [1.54, 1.807) is 7.11 Å². The van der Waals surface area contributed by atoms with Gasteiger partial charge in [0, 0.05) is 17.6 Å². The molecule has 0 aromatic carbocycles. The molecule has 0 radical (unpaired) electrons. The molecule has 0 bridgehead atoms. The molecule has 0 aliphatic carbocycles. The van der Waals surface area contributed by atoms with Crippen LogP contribution in [-0.2, 0) is 0 Å². The van der Waals surface area contributed by atoms with Crippen LogP contribution in [0.3, 0.4) is 0 Å². The van der Waals surface area contributed by atoms with Gasteiger partial charge in [-0.05, 0) is 24.0 Å². The summed E-state index contributed by atoms with van der Waals surface area (Å²) in [6.07, 6.45) is 1.86. The molecule has 2 rings (SSSR count). The third kappa shape index (κ3) is 9.11. The van der Waals surface area contributed by atoms with E-state index in [2.05, 4.69) is 51.5 Å². The summed E-state index contributed by atoms with van der Waals surface area (Å²) in [5.74, 6) is 2.31. The van der Waals surface area contributed by atoms with Gasteiger partial charge in [-0.3, -0.25) is 0 Å². The zero-order chi connectivity index (χ0) is 14.8. The molecule has 0 fully saturated rings. The number of nitrogens with one attached hydrogen (secondary N) is 1. The third-order valence-electron chi connectivity index (χ3n) is 1.59. The first kappa shape index (κ1) is 17.5. The molecule has 0 saturated heterocycles. The van der Waals surface area contributed by atoms with Crippen molar-refractivity contribution in [3.8, 4) is 5.88 Å². The van der Waals surface area contributed by atoms with Gasteiger partial charge < -0.3 is 9.72 Å². The van der Waals surface area contributed by atoms with E-state index < -0.39 is 0 Å². The Kier molecular flexibility index (Phi) is 8.68. The van der Waals surface area contributed by atoms with Crippen molar-refractivity contribution in [2.24, 2.45) is 11.8 Å². The second-order valence-electron chi connectivity index (χ2n) is 5.73. The number of hydrogen-bond acceptors (Lipinski definition) is 2. The van der Waals surface area contributed by atoms with Crippen LogP contribution in [-0.4, -0.2) is 17.1 Å². The Morgan fingerprint density at radius 1 is 0.947 bits per heavy atom. The Balaban J connectivity index is 0.000000342. The number of hydrogen-bond donors (Lipinski definition) is 1. The van der Waals surface area contributed by atoms with Gasteiger partial charge in [-0.1, -0.05) is 41.5 Å². The summed E-state index contributed by atoms with van der Waals surface area (Å²) >= 11 is 0. The second-order valence-corrected chi connectivity index (χ2v) is 5.73. The van der Waals surface area contributed by atoms with Crippen LogP contribution in [0.5, 0.6) is 5.88 Å². The van der Waals surface area contributed by atoms with Gasteiger partial charge in [-0.2, -0.15) is 4.98 Å². The maximum Gasteiger partial charge on any atom is 0.214 e. The highest BCUT2D eigenvalue weighted by molar-refractivity contribution is 5.75. The summed E-state index contributed by atoms with van der Waals surface area (Å²) in [7, 11) is 1.61. The monoisotopic (exact) mass is 264 g/mol.